The van der Waals surface area contributed by atoms with Crippen LogP contribution in [0.25, 0.3) is 0 Å². The maximum atomic E-state index is 11.6. The van der Waals surface area contributed by atoms with E-state index >= 15 is 0 Å². The normalized spacial score (nSPS) is 11.3. The fourth-order valence-corrected chi connectivity index (χ4v) is 1.66. The summed E-state index contributed by atoms with van der Waals surface area (Å²) >= 11 is 0. The first-order chi connectivity index (χ1) is 7.90. The lowest BCUT2D eigenvalue weighted by Gasteiger charge is -2.19. The first-order valence-electron chi connectivity index (χ1n) is 6.20. The standard InChI is InChI=1S/C15H22O2/c1-5-6-12-7-9-13(10-8-12)11-14(16)17-15(2,3)4/h7-10H,5-6,11H2,1-4H3. The summed E-state index contributed by atoms with van der Waals surface area (Å²) in [6.45, 7) is 7.81. The van der Waals surface area contributed by atoms with Gasteiger partial charge in [0.1, 0.15) is 5.60 Å². The van der Waals surface area contributed by atoms with E-state index in [9.17, 15) is 4.79 Å². The minimum Gasteiger partial charge on any atom is -0.460 e. The van der Waals surface area contributed by atoms with Gasteiger partial charge in [0, 0.05) is 0 Å². The van der Waals surface area contributed by atoms with Crippen molar-refractivity contribution in [3.05, 3.63) is 35.4 Å². The van der Waals surface area contributed by atoms with Gasteiger partial charge in [0.25, 0.3) is 0 Å². The summed E-state index contributed by atoms with van der Waals surface area (Å²) in [5.41, 5.74) is 1.93. The van der Waals surface area contributed by atoms with Crippen LogP contribution in [-0.4, -0.2) is 11.6 Å². The van der Waals surface area contributed by atoms with E-state index in [0.29, 0.717) is 6.42 Å². The molecule has 0 aliphatic heterocycles. The van der Waals surface area contributed by atoms with Crippen LogP contribution in [-0.2, 0) is 22.4 Å². The molecule has 0 amide bonds. The lowest BCUT2D eigenvalue weighted by Crippen LogP contribution is -2.24. The second-order valence-corrected chi connectivity index (χ2v) is 5.33. The van der Waals surface area contributed by atoms with Gasteiger partial charge in [-0.25, -0.2) is 0 Å². The van der Waals surface area contributed by atoms with Gasteiger partial charge in [-0.05, 0) is 38.3 Å². The highest BCUT2D eigenvalue weighted by Crippen LogP contribution is 2.11. The molecule has 0 radical (unpaired) electrons. The van der Waals surface area contributed by atoms with Crippen molar-refractivity contribution in [2.24, 2.45) is 0 Å². The van der Waals surface area contributed by atoms with Crippen molar-refractivity contribution < 1.29 is 9.53 Å². The average molecular weight is 234 g/mol. The zero-order valence-corrected chi connectivity index (χ0v) is 11.2. The molecule has 94 valence electrons. The van der Waals surface area contributed by atoms with E-state index in [2.05, 4.69) is 19.1 Å². The van der Waals surface area contributed by atoms with Crippen molar-refractivity contribution in [1.82, 2.24) is 0 Å². The van der Waals surface area contributed by atoms with Crippen LogP contribution in [0.1, 0.15) is 45.2 Å². The number of esters is 1. The third-order valence-corrected chi connectivity index (χ3v) is 2.33. The molecule has 2 nitrogen and oxygen atoms in total. The van der Waals surface area contributed by atoms with Gasteiger partial charge in [0.05, 0.1) is 6.42 Å². The predicted octanol–water partition coefficient (Wildman–Crippen LogP) is 3.52. The fraction of sp³-hybridized carbons (Fsp3) is 0.533. The quantitative estimate of drug-likeness (QED) is 0.745. The largest absolute Gasteiger partial charge is 0.460 e. The van der Waals surface area contributed by atoms with Gasteiger partial charge in [-0.15, -0.1) is 0 Å². The van der Waals surface area contributed by atoms with Gasteiger partial charge in [0.15, 0.2) is 0 Å². The zero-order valence-electron chi connectivity index (χ0n) is 11.2. The number of carbonyl (C=O) groups excluding carboxylic acids is 1. The number of hydrogen-bond donors (Lipinski definition) is 0. The van der Waals surface area contributed by atoms with Crippen LogP contribution in [0, 0.1) is 0 Å². The number of ether oxygens (including phenoxy) is 1. The van der Waals surface area contributed by atoms with Crippen LogP contribution < -0.4 is 0 Å². The molecule has 0 unspecified atom stereocenters. The smallest absolute Gasteiger partial charge is 0.310 e. The van der Waals surface area contributed by atoms with E-state index < -0.39 is 5.60 Å². The van der Waals surface area contributed by atoms with E-state index in [1.165, 1.54) is 5.56 Å². The molecule has 0 spiro atoms. The number of carbonyl (C=O) groups is 1. The Balaban J connectivity index is 2.54. The average Bonchev–Trinajstić information content (AvgIpc) is 2.18. The van der Waals surface area contributed by atoms with Gasteiger partial charge in [-0.2, -0.15) is 0 Å². The van der Waals surface area contributed by atoms with Crippen LogP contribution >= 0.6 is 0 Å². The summed E-state index contributed by atoms with van der Waals surface area (Å²) < 4.78 is 5.28. The summed E-state index contributed by atoms with van der Waals surface area (Å²) in [4.78, 5) is 11.6. The molecule has 1 aromatic carbocycles. The molecule has 0 saturated carbocycles. The molecule has 0 fully saturated rings. The first-order valence-corrected chi connectivity index (χ1v) is 6.20. The molecule has 0 atom stereocenters. The Kier molecular flexibility index (Phi) is 4.73. The highest BCUT2D eigenvalue weighted by Gasteiger charge is 2.16. The molecule has 0 aliphatic rings. The molecular formula is C15H22O2. The molecule has 17 heavy (non-hydrogen) atoms. The highest BCUT2D eigenvalue weighted by atomic mass is 16.6. The van der Waals surface area contributed by atoms with Gasteiger partial charge in [0.2, 0.25) is 0 Å². The van der Waals surface area contributed by atoms with Crippen molar-refractivity contribution in [3.63, 3.8) is 0 Å². The molecule has 0 heterocycles. The number of hydrogen-bond acceptors (Lipinski definition) is 2. The number of aryl methyl sites for hydroxylation is 1. The number of benzene rings is 1. The molecular weight excluding hydrogens is 212 g/mol. The summed E-state index contributed by atoms with van der Waals surface area (Å²) in [7, 11) is 0. The molecule has 0 saturated heterocycles. The topological polar surface area (TPSA) is 26.3 Å². The molecule has 0 aliphatic carbocycles. The Bertz CT molecular complexity index is 358. The van der Waals surface area contributed by atoms with E-state index in [1.54, 1.807) is 0 Å². The summed E-state index contributed by atoms with van der Waals surface area (Å²) in [6, 6.07) is 8.19. The van der Waals surface area contributed by atoms with Crippen LogP contribution in [0.4, 0.5) is 0 Å². The van der Waals surface area contributed by atoms with Crippen molar-refractivity contribution >= 4 is 5.97 Å². The third-order valence-electron chi connectivity index (χ3n) is 2.33. The predicted molar refractivity (Wildman–Crippen MR) is 70.0 cm³/mol. The molecule has 0 aromatic heterocycles. The highest BCUT2D eigenvalue weighted by molar-refractivity contribution is 5.73. The van der Waals surface area contributed by atoms with Gasteiger partial charge < -0.3 is 4.74 Å². The third kappa shape index (κ3) is 5.53. The molecule has 1 rings (SSSR count). The van der Waals surface area contributed by atoms with Gasteiger partial charge in [-0.1, -0.05) is 37.6 Å². The van der Waals surface area contributed by atoms with E-state index in [-0.39, 0.29) is 5.97 Å². The fourth-order valence-electron chi connectivity index (χ4n) is 1.66. The van der Waals surface area contributed by atoms with Crippen LogP contribution in [0.3, 0.4) is 0 Å². The zero-order chi connectivity index (χ0) is 12.9. The maximum Gasteiger partial charge on any atom is 0.310 e. The summed E-state index contributed by atoms with van der Waals surface area (Å²) in [5.74, 6) is -0.166. The van der Waals surface area contributed by atoms with E-state index in [1.807, 2.05) is 32.9 Å². The monoisotopic (exact) mass is 234 g/mol. The second-order valence-electron chi connectivity index (χ2n) is 5.33. The second kappa shape index (κ2) is 5.85. The Labute approximate surface area is 104 Å². The Morgan fingerprint density at radius 3 is 2.12 bits per heavy atom. The Morgan fingerprint density at radius 2 is 1.65 bits per heavy atom. The van der Waals surface area contributed by atoms with Gasteiger partial charge in [-0.3, -0.25) is 4.79 Å². The summed E-state index contributed by atoms with van der Waals surface area (Å²) in [6.07, 6.45) is 2.59. The van der Waals surface area contributed by atoms with Crippen molar-refractivity contribution in [3.8, 4) is 0 Å². The lowest BCUT2D eigenvalue weighted by atomic mass is 10.1. The summed E-state index contributed by atoms with van der Waals surface area (Å²) in [5, 5.41) is 0. The van der Waals surface area contributed by atoms with E-state index in [4.69, 9.17) is 4.74 Å². The van der Waals surface area contributed by atoms with Crippen molar-refractivity contribution in [1.29, 1.82) is 0 Å². The van der Waals surface area contributed by atoms with Crippen LogP contribution in [0.2, 0.25) is 0 Å². The van der Waals surface area contributed by atoms with Crippen LogP contribution in [0.5, 0.6) is 0 Å². The van der Waals surface area contributed by atoms with Crippen molar-refractivity contribution in [2.75, 3.05) is 0 Å². The first kappa shape index (κ1) is 13.8. The molecule has 1 aromatic rings. The molecule has 2 heteroatoms. The maximum absolute atomic E-state index is 11.6. The van der Waals surface area contributed by atoms with E-state index in [0.717, 1.165) is 18.4 Å². The van der Waals surface area contributed by atoms with Crippen LogP contribution in [0.15, 0.2) is 24.3 Å². The Morgan fingerprint density at radius 1 is 1.12 bits per heavy atom. The SMILES string of the molecule is CCCc1ccc(CC(=O)OC(C)(C)C)cc1. The Hall–Kier alpha value is -1.31. The molecule has 0 bridgehead atoms. The minimum absolute atomic E-state index is 0.166. The minimum atomic E-state index is -0.404. The molecule has 0 N–H and O–H groups in total. The lowest BCUT2D eigenvalue weighted by molar-refractivity contribution is -0.153. The number of rotatable bonds is 4. The van der Waals surface area contributed by atoms with Crippen molar-refractivity contribution in [2.45, 2.75) is 52.6 Å². The van der Waals surface area contributed by atoms with Gasteiger partial charge >= 0.3 is 5.97 Å².